The third-order valence-corrected chi connectivity index (χ3v) is 4.22. The molecule has 0 aliphatic carbocycles. The molecule has 0 spiro atoms. The van der Waals surface area contributed by atoms with Crippen molar-refractivity contribution in [2.24, 2.45) is 0 Å². The number of nitrogens with one attached hydrogen (secondary N) is 1. The lowest BCUT2D eigenvalue weighted by Crippen LogP contribution is -2.55. The molecule has 22 heavy (non-hydrogen) atoms. The normalized spacial score (nSPS) is 19.2. The maximum Gasteiger partial charge on any atom is 0.184 e. The van der Waals surface area contributed by atoms with Crippen molar-refractivity contribution in [1.82, 2.24) is 10.2 Å². The highest BCUT2D eigenvalue weighted by Crippen LogP contribution is 2.13. The largest absolute Gasteiger partial charge is 0.472 e. The standard InChI is InChI=1S/C18H22N2O2/c21-18(16-8-12-22-14-16)17-13-19-9-11-20(17)10-4-7-15-5-2-1-3-6-15/h1-3,5-6,8,12,14,17,19H,4,7,9-11,13H2. The Morgan fingerprint density at radius 2 is 2.14 bits per heavy atom. The van der Waals surface area contributed by atoms with Crippen LogP contribution in [0, 0.1) is 0 Å². The van der Waals surface area contributed by atoms with E-state index < -0.39 is 0 Å². The third-order valence-electron chi connectivity index (χ3n) is 4.22. The molecule has 1 saturated heterocycles. The molecule has 2 aromatic rings. The summed E-state index contributed by atoms with van der Waals surface area (Å²) in [6, 6.07) is 12.2. The molecule has 1 aliphatic heterocycles. The van der Waals surface area contributed by atoms with Crippen molar-refractivity contribution in [3.8, 4) is 0 Å². The van der Waals surface area contributed by atoms with Crippen molar-refractivity contribution in [3.63, 3.8) is 0 Å². The molecule has 0 amide bonds. The molecule has 1 aromatic heterocycles. The van der Waals surface area contributed by atoms with Crippen molar-refractivity contribution < 1.29 is 9.21 Å². The number of hydrogen-bond donors (Lipinski definition) is 1. The van der Waals surface area contributed by atoms with Crippen LogP contribution in [0.1, 0.15) is 22.3 Å². The van der Waals surface area contributed by atoms with Crippen LogP contribution < -0.4 is 5.32 Å². The van der Waals surface area contributed by atoms with Gasteiger partial charge in [-0.15, -0.1) is 0 Å². The first-order valence-electron chi connectivity index (χ1n) is 7.90. The van der Waals surface area contributed by atoms with Gasteiger partial charge in [-0.3, -0.25) is 9.69 Å². The Kier molecular flexibility index (Phi) is 5.03. The average molecular weight is 298 g/mol. The molecule has 0 bridgehead atoms. The second kappa shape index (κ2) is 7.38. The fourth-order valence-electron chi connectivity index (χ4n) is 3.00. The highest BCUT2D eigenvalue weighted by molar-refractivity contribution is 6.00. The predicted octanol–water partition coefficient (Wildman–Crippen LogP) is 2.37. The number of nitrogens with zero attached hydrogens (tertiary/aromatic N) is 1. The summed E-state index contributed by atoms with van der Waals surface area (Å²) in [5.74, 6) is 0.153. The Balaban J connectivity index is 1.57. The van der Waals surface area contributed by atoms with Gasteiger partial charge in [-0.1, -0.05) is 30.3 Å². The summed E-state index contributed by atoms with van der Waals surface area (Å²) < 4.78 is 5.04. The molecule has 1 fully saturated rings. The lowest BCUT2D eigenvalue weighted by atomic mass is 10.0. The molecule has 116 valence electrons. The summed E-state index contributed by atoms with van der Waals surface area (Å²) in [5.41, 5.74) is 2.03. The predicted molar refractivity (Wildman–Crippen MR) is 86.0 cm³/mol. The summed E-state index contributed by atoms with van der Waals surface area (Å²) in [6.07, 6.45) is 5.22. The smallest absolute Gasteiger partial charge is 0.184 e. The number of piperazine rings is 1. The van der Waals surface area contributed by atoms with Crippen LogP contribution in [-0.4, -0.2) is 42.9 Å². The summed E-state index contributed by atoms with van der Waals surface area (Å²) >= 11 is 0. The van der Waals surface area contributed by atoms with Crippen LogP contribution in [0.25, 0.3) is 0 Å². The molecule has 3 rings (SSSR count). The molecule has 4 nitrogen and oxygen atoms in total. The second-order valence-corrected chi connectivity index (χ2v) is 5.72. The van der Waals surface area contributed by atoms with Gasteiger partial charge in [0, 0.05) is 19.6 Å². The van der Waals surface area contributed by atoms with E-state index in [0.29, 0.717) is 5.56 Å². The second-order valence-electron chi connectivity index (χ2n) is 5.72. The van der Waals surface area contributed by atoms with E-state index in [1.807, 2.05) is 6.07 Å². The van der Waals surface area contributed by atoms with E-state index in [9.17, 15) is 4.79 Å². The number of benzene rings is 1. The zero-order valence-electron chi connectivity index (χ0n) is 12.7. The van der Waals surface area contributed by atoms with E-state index >= 15 is 0 Å². The van der Waals surface area contributed by atoms with Gasteiger partial charge < -0.3 is 9.73 Å². The van der Waals surface area contributed by atoms with Crippen LogP contribution in [-0.2, 0) is 6.42 Å². The number of Topliss-reactive ketones (excluding diaryl/α,β-unsaturated/α-hetero) is 1. The van der Waals surface area contributed by atoms with Crippen LogP contribution in [0.2, 0.25) is 0 Å². The van der Waals surface area contributed by atoms with Crippen molar-refractivity contribution in [3.05, 3.63) is 60.1 Å². The molecule has 4 heteroatoms. The number of hydrogen-bond acceptors (Lipinski definition) is 4. The molecule has 2 heterocycles. The van der Waals surface area contributed by atoms with Gasteiger partial charge in [0.2, 0.25) is 0 Å². The quantitative estimate of drug-likeness (QED) is 0.832. The number of aryl methyl sites for hydroxylation is 1. The highest BCUT2D eigenvalue weighted by atomic mass is 16.3. The molecule has 1 N–H and O–H groups in total. The topological polar surface area (TPSA) is 45.5 Å². The lowest BCUT2D eigenvalue weighted by Gasteiger charge is -2.35. The summed E-state index contributed by atoms with van der Waals surface area (Å²) in [7, 11) is 0. The zero-order valence-corrected chi connectivity index (χ0v) is 12.7. The Morgan fingerprint density at radius 3 is 2.91 bits per heavy atom. The Bertz CT molecular complexity index is 580. The van der Waals surface area contributed by atoms with E-state index in [1.165, 1.54) is 5.56 Å². The van der Waals surface area contributed by atoms with E-state index in [0.717, 1.165) is 39.0 Å². The Morgan fingerprint density at radius 1 is 1.27 bits per heavy atom. The van der Waals surface area contributed by atoms with E-state index in [4.69, 9.17) is 4.42 Å². The number of carbonyl (C=O) groups is 1. The number of furan rings is 1. The molecule has 0 saturated carbocycles. The number of carbonyl (C=O) groups excluding carboxylic acids is 1. The SMILES string of the molecule is O=C(c1ccoc1)C1CNCCN1CCCc1ccccc1. The molecule has 1 aromatic carbocycles. The first-order chi connectivity index (χ1) is 10.8. The van der Waals surface area contributed by atoms with E-state index in [-0.39, 0.29) is 11.8 Å². The molecule has 1 atom stereocenters. The highest BCUT2D eigenvalue weighted by Gasteiger charge is 2.29. The van der Waals surface area contributed by atoms with Crippen molar-refractivity contribution in [2.75, 3.05) is 26.2 Å². The Hall–Kier alpha value is -1.91. The van der Waals surface area contributed by atoms with Gasteiger partial charge in [-0.05, 0) is 31.0 Å². The van der Waals surface area contributed by atoms with Crippen LogP contribution in [0.15, 0.2) is 53.3 Å². The first kappa shape index (κ1) is 15.0. The number of rotatable bonds is 6. The number of ketones is 1. The van der Waals surface area contributed by atoms with Crippen molar-refractivity contribution >= 4 is 5.78 Å². The fraction of sp³-hybridized carbons (Fsp3) is 0.389. The van der Waals surface area contributed by atoms with Crippen LogP contribution >= 0.6 is 0 Å². The monoisotopic (exact) mass is 298 g/mol. The molecule has 0 radical (unpaired) electrons. The zero-order chi connectivity index (χ0) is 15.2. The van der Waals surface area contributed by atoms with Gasteiger partial charge in [0.25, 0.3) is 0 Å². The summed E-state index contributed by atoms with van der Waals surface area (Å²) in [5, 5.41) is 3.32. The van der Waals surface area contributed by atoms with Crippen molar-refractivity contribution in [1.29, 1.82) is 0 Å². The van der Waals surface area contributed by atoms with Crippen LogP contribution in [0.5, 0.6) is 0 Å². The molecule has 1 unspecified atom stereocenters. The van der Waals surface area contributed by atoms with Gasteiger partial charge in [0.15, 0.2) is 5.78 Å². The first-order valence-corrected chi connectivity index (χ1v) is 7.90. The van der Waals surface area contributed by atoms with Gasteiger partial charge in [0.05, 0.1) is 17.9 Å². The Labute approximate surface area is 131 Å². The minimum absolute atomic E-state index is 0.0814. The van der Waals surface area contributed by atoms with Crippen molar-refractivity contribution in [2.45, 2.75) is 18.9 Å². The van der Waals surface area contributed by atoms with Gasteiger partial charge in [0.1, 0.15) is 6.26 Å². The third kappa shape index (κ3) is 3.64. The van der Waals surface area contributed by atoms with E-state index in [1.54, 1.807) is 18.6 Å². The lowest BCUT2D eigenvalue weighted by molar-refractivity contribution is 0.0771. The fourth-order valence-corrected chi connectivity index (χ4v) is 3.00. The molecule has 1 aliphatic rings. The maximum absolute atomic E-state index is 12.6. The van der Waals surface area contributed by atoms with E-state index in [2.05, 4.69) is 34.5 Å². The maximum atomic E-state index is 12.6. The average Bonchev–Trinajstić information content (AvgIpc) is 3.10. The van der Waals surface area contributed by atoms with Gasteiger partial charge in [-0.2, -0.15) is 0 Å². The molecular weight excluding hydrogens is 276 g/mol. The van der Waals surface area contributed by atoms with Gasteiger partial charge in [-0.25, -0.2) is 0 Å². The van der Waals surface area contributed by atoms with Gasteiger partial charge >= 0.3 is 0 Å². The summed E-state index contributed by atoms with van der Waals surface area (Å²) in [6.45, 7) is 3.53. The molecular formula is C18H22N2O2. The van der Waals surface area contributed by atoms with Crippen LogP contribution in [0.4, 0.5) is 0 Å². The van der Waals surface area contributed by atoms with Crippen LogP contribution in [0.3, 0.4) is 0 Å². The minimum atomic E-state index is -0.0814. The minimum Gasteiger partial charge on any atom is -0.472 e. The summed E-state index contributed by atoms with van der Waals surface area (Å²) in [4.78, 5) is 14.9.